The molecule has 190 valence electrons. The summed E-state index contributed by atoms with van der Waals surface area (Å²) in [4.78, 5) is 20.5. The van der Waals surface area contributed by atoms with Gasteiger partial charge in [-0.15, -0.1) is 0 Å². The van der Waals surface area contributed by atoms with Gasteiger partial charge in [-0.25, -0.2) is 18.1 Å². The highest BCUT2D eigenvalue weighted by Gasteiger charge is 2.32. The van der Waals surface area contributed by atoms with Crippen LogP contribution >= 0.6 is 10.6 Å². The second-order valence-corrected chi connectivity index (χ2v) is 12.8. The van der Waals surface area contributed by atoms with E-state index in [0.29, 0.717) is 22.3 Å². The van der Waals surface area contributed by atoms with Crippen LogP contribution in [0.3, 0.4) is 0 Å². The third-order valence-electron chi connectivity index (χ3n) is 6.14. The first-order valence-electron chi connectivity index (χ1n) is 11.1. The van der Waals surface area contributed by atoms with E-state index in [1.807, 2.05) is 30.3 Å². The largest absolute Gasteiger partial charge is 0.496 e. The molecule has 1 saturated heterocycles. The van der Waals surface area contributed by atoms with Crippen LogP contribution in [-0.4, -0.2) is 73.3 Å². The summed E-state index contributed by atoms with van der Waals surface area (Å²) in [5, 5.41) is 4.84. The molecule has 11 nitrogen and oxygen atoms in total. The Balaban J connectivity index is 1.55. The van der Waals surface area contributed by atoms with Crippen molar-refractivity contribution in [2.45, 2.75) is 4.90 Å². The number of hydrogen-bond donors (Lipinski definition) is 3. The molecule has 3 N–H and O–H groups in total. The fourth-order valence-electron chi connectivity index (χ4n) is 4.21. The van der Waals surface area contributed by atoms with Crippen LogP contribution in [0.1, 0.15) is 0 Å². The normalized spacial score (nSPS) is 17.2. The molecule has 0 bridgehead atoms. The molecule has 4 aromatic rings. The number of aryl methyl sites for hydroxylation is 1. The smallest absolute Gasteiger partial charge is 0.262 e. The summed E-state index contributed by atoms with van der Waals surface area (Å²) >= 11 is 0. The number of nitrogens with zero attached hydrogens (tertiary/aromatic N) is 4. The molecule has 3 heterocycles. The Morgan fingerprint density at radius 2 is 1.78 bits per heavy atom. The summed E-state index contributed by atoms with van der Waals surface area (Å²) < 4.78 is 54.2. The third-order valence-corrected chi connectivity index (χ3v) is 9.71. The molecular formula is C23H25N5O6S2. The molecule has 0 aliphatic carbocycles. The van der Waals surface area contributed by atoms with Gasteiger partial charge in [-0.1, -0.05) is 30.3 Å². The Kier molecular flexibility index (Phi) is 6.12. The molecule has 0 atom stereocenters. The molecule has 1 aliphatic rings. The van der Waals surface area contributed by atoms with E-state index < -0.39 is 20.6 Å². The predicted octanol–water partition coefficient (Wildman–Crippen LogP) is 2.75. The Labute approximate surface area is 208 Å². The number of aromatic amines is 1. The molecule has 0 saturated carbocycles. The number of nitrogens with one attached hydrogen (secondary N) is 1. The predicted molar refractivity (Wildman–Crippen MR) is 138 cm³/mol. The molecule has 36 heavy (non-hydrogen) atoms. The first-order chi connectivity index (χ1) is 17.1. The summed E-state index contributed by atoms with van der Waals surface area (Å²) in [6.45, 7) is 0.0367. The molecule has 2 aromatic heterocycles. The highest BCUT2D eigenvalue weighted by atomic mass is 32.3. The fourth-order valence-corrected chi connectivity index (χ4v) is 7.13. The summed E-state index contributed by atoms with van der Waals surface area (Å²) in [7, 11) is -3.52. The highest BCUT2D eigenvalue weighted by molar-refractivity contribution is 8.24. The van der Waals surface area contributed by atoms with E-state index in [9.17, 15) is 22.3 Å². The van der Waals surface area contributed by atoms with Gasteiger partial charge < -0.3 is 9.72 Å². The lowest BCUT2D eigenvalue weighted by Gasteiger charge is -2.40. The minimum absolute atomic E-state index is 0.00227. The van der Waals surface area contributed by atoms with Crippen molar-refractivity contribution in [1.29, 1.82) is 0 Å². The number of aromatic nitrogens is 4. The van der Waals surface area contributed by atoms with Crippen LogP contribution < -0.4 is 10.3 Å². The van der Waals surface area contributed by atoms with E-state index in [0.717, 1.165) is 5.56 Å². The lowest BCUT2D eigenvalue weighted by atomic mass is 10.1. The van der Waals surface area contributed by atoms with Gasteiger partial charge in [0.15, 0.2) is 5.65 Å². The SMILES string of the molecule is COc1cc(S(=O)(=O)N2CCS(O)(O)CC2)ccc1-c1nc2c(c(-c3ccccc3)nn2C)c(=O)[nH]1. The van der Waals surface area contributed by atoms with E-state index in [1.165, 1.54) is 34.3 Å². The molecule has 0 radical (unpaired) electrons. The van der Waals surface area contributed by atoms with Crippen molar-refractivity contribution in [3.8, 4) is 28.4 Å². The van der Waals surface area contributed by atoms with Crippen molar-refractivity contribution in [2.24, 2.45) is 7.05 Å². The van der Waals surface area contributed by atoms with Crippen LogP contribution in [0.4, 0.5) is 0 Å². The zero-order chi connectivity index (χ0) is 25.7. The summed E-state index contributed by atoms with van der Waals surface area (Å²) in [6, 6.07) is 13.7. The van der Waals surface area contributed by atoms with E-state index in [1.54, 1.807) is 7.05 Å². The van der Waals surface area contributed by atoms with Crippen molar-refractivity contribution < 1.29 is 22.3 Å². The summed E-state index contributed by atoms with van der Waals surface area (Å²) in [5.41, 5.74) is 1.70. The van der Waals surface area contributed by atoms with Crippen molar-refractivity contribution in [1.82, 2.24) is 24.1 Å². The molecule has 2 aromatic carbocycles. The van der Waals surface area contributed by atoms with Crippen molar-refractivity contribution in [3.63, 3.8) is 0 Å². The van der Waals surface area contributed by atoms with Gasteiger partial charge in [-0.2, -0.15) is 20.0 Å². The molecule has 0 unspecified atom stereocenters. The van der Waals surface area contributed by atoms with E-state index in [4.69, 9.17) is 4.74 Å². The zero-order valence-corrected chi connectivity index (χ0v) is 21.2. The lowest BCUT2D eigenvalue weighted by Crippen LogP contribution is -2.42. The molecule has 13 heteroatoms. The first kappa shape index (κ1) is 24.5. The van der Waals surface area contributed by atoms with Gasteiger partial charge in [-0.05, 0) is 12.1 Å². The number of rotatable bonds is 5. The highest BCUT2D eigenvalue weighted by Crippen LogP contribution is 2.41. The average molecular weight is 532 g/mol. The van der Waals surface area contributed by atoms with Gasteiger partial charge in [-0.3, -0.25) is 13.9 Å². The van der Waals surface area contributed by atoms with Crippen LogP contribution in [0.15, 0.2) is 58.2 Å². The number of benzene rings is 2. The Bertz CT molecular complexity index is 1610. The van der Waals surface area contributed by atoms with Gasteiger partial charge in [0.05, 0.1) is 29.1 Å². The monoisotopic (exact) mass is 531 g/mol. The van der Waals surface area contributed by atoms with Crippen molar-refractivity contribution in [3.05, 3.63) is 58.9 Å². The van der Waals surface area contributed by atoms with E-state index in [2.05, 4.69) is 15.1 Å². The van der Waals surface area contributed by atoms with Crippen LogP contribution in [0.5, 0.6) is 5.75 Å². The van der Waals surface area contributed by atoms with Gasteiger partial charge in [0, 0.05) is 31.8 Å². The van der Waals surface area contributed by atoms with Crippen molar-refractivity contribution >= 4 is 31.6 Å². The summed E-state index contributed by atoms with van der Waals surface area (Å²) in [6.07, 6.45) is 0. The topological polar surface area (TPSA) is 151 Å². The van der Waals surface area contributed by atoms with Crippen LogP contribution in [-0.2, 0) is 17.1 Å². The van der Waals surface area contributed by atoms with Crippen LogP contribution in [0.2, 0.25) is 0 Å². The van der Waals surface area contributed by atoms with Crippen LogP contribution in [0.25, 0.3) is 33.7 Å². The molecule has 1 aliphatic heterocycles. The second-order valence-electron chi connectivity index (χ2n) is 8.43. The molecule has 5 rings (SSSR count). The van der Waals surface area contributed by atoms with Gasteiger partial charge in [0.25, 0.3) is 5.56 Å². The van der Waals surface area contributed by atoms with Gasteiger partial charge >= 0.3 is 0 Å². The average Bonchev–Trinajstić information content (AvgIpc) is 3.20. The number of fused-ring (bicyclic) bond motifs is 1. The standard InChI is InChI=1S/C23H25N5O6S2/c1-27-22-19(20(26-27)15-6-4-3-5-7-15)23(29)25-21(24-22)17-9-8-16(14-18(17)34-2)36(32,33)28-10-12-35(30,31)13-11-28/h3-9,14,30-31H,10-13H2,1-2H3,(H,24,25,29). The Morgan fingerprint density at radius 3 is 2.44 bits per heavy atom. The van der Waals surface area contributed by atoms with Gasteiger partial charge in [0.2, 0.25) is 10.0 Å². The van der Waals surface area contributed by atoms with E-state index >= 15 is 0 Å². The van der Waals surface area contributed by atoms with Gasteiger partial charge in [0.1, 0.15) is 22.7 Å². The third kappa shape index (κ3) is 4.29. The summed E-state index contributed by atoms with van der Waals surface area (Å²) in [5.74, 6) is 0.429. The minimum Gasteiger partial charge on any atom is -0.496 e. The molecule has 1 fully saturated rings. The molecule has 0 spiro atoms. The lowest BCUT2D eigenvalue weighted by molar-refractivity contribution is 0.400. The fraction of sp³-hybridized carbons (Fsp3) is 0.261. The number of hydrogen-bond acceptors (Lipinski definition) is 8. The maximum absolute atomic E-state index is 13.2. The quantitative estimate of drug-likeness (QED) is 0.356. The van der Waals surface area contributed by atoms with E-state index in [-0.39, 0.29) is 46.6 Å². The van der Waals surface area contributed by atoms with Crippen molar-refractivity contribution in [2.75, 3.05) is 31.7 Å². The maximum atomic E-state index is 13.2. The minimum atomic E-state index is -3.88. The second kappa shape index (κ2) is 9.01. The Hall–Kier alpha value is -3.23. The molecule has 0 amide bonds. The zero-order valence-electron chi connectivity index (χ0n) is 19.6. The van der Waals surface area contributed by atoms with Crippen LogP contribution in [0, 0.1) is 0 Å². The molecular weight excluding hydrogens is 506 g/mol. The number of H-pyrrole nitrogens is 1. The number of sulfonamides is 1. The number of ether oxygens (including phenoxy) is 1. The maximum Gasteiger partial charge on any atom is 0.262 e. The number of methoxy groups -OCH3 is 1. The first-order valence-corrected chi connectivity index (χ1v) is 14.4. The Morgan fingerprint density at radius 1 is 1.08 bits per heavy atom.